The second kappa shape index (κ2) is 3.73. The maximum Gasteiger partial charge on any atom is 0.258 e. The van der Waals surface area contributed by atoms with Crippen molar-refractivity contribution in [2.75, 3.05) is 7.11 Å². The van der Waals surface area contributed by atoms with E-state index in [0.717, 1.165) is 18.7 Å². The summed E-state index contributed by atoms with van der Waals surface area (Å²) in [5.41, 5.74) is 0.771. The smallest absolute Gasteiger partial charge is 0.258 e. The molecule has 1 fully saturated rings. The molecule has 3 rings (SSSR count). The van der Waals surface area contributed by atoms with Gasteiger partial charge in [0.2, 0.25) is 0 Å². The fourth-order valence-electron chi connectivity index (χ4n) is 1.82. The molecule has 0 spiro atoms. The number of rotatable bonds is 3. The van der Waals surface area contributed by atoms with E-state index < -0.39 is 0 Å². The monoisotopic (exact) mass is 246 g/mol. The molecule has 2 aromatic rings. The highest BCUT2D eigenvalue weighted by molar-refractivity contribution is 5.59. The van der Waals surface area contributed by atoms with Crippen LogP contribution in [0.4, 0.5) is 0 Å². The number of methoxy groups -OCH3 is 1. The summed E-state index contributed by atoms with van der Waals surface area (Å²) in [6.45, 7) is 2.12. The lowest BCUT2D eigenvalue weighted by Gasteiger charge is -2.03. The summed E-state index contributed by atoms with van der Waals surface area (Å²) >= 11 is 0. The van der Waals surface area contributed by atoms with E-state index in [4.69, 9.17) is 9.26 Å². The third-order valence-electron chi connectivity index (χ3n) is 3.39. The van der Waals surface area contributed by atoms with Crippen molar-refractivity contribution in [1.82, 2.24) is 10.1 Å². The van der Waals surface area contributed by atoms with Crippen molar-refractivity contribution in [3.8, 4) is 23.0 Å². The molecular weight excluding hydrogens is 232 g/mol. The van der Waals surface area contributed by atoms with Crippen LogP contribution in [0.2, 0.25) is 0 Å². The minimum absolute atomic E-state index is 0.0624. The maximum atomic E-state index is 9.72. The average Bonchev–Trinajstić information content (AvgIpc) is 2.94. The SMILES string of the molecule is COc1ccc(-c2nc(C3(C)CC3)no2)cc1O. The number of nitrogens with zero attached hydrogens (tertiary/aromatic N) is 2. The van der Waals surface area contributed by atoms with E-state index in [1.54, 1.807) is 18.2 Å². The molecule has 1 N–H and O–H groups in total. The maximum absolute atomic E-state index is 9.72. The third-order valence-corrected chi connectivity index (χ3v) is 3.39. The van der Waals surface area contributed by atoms with Crippen LogP contribution >= 0.6 is 0 Å². The predicted octanol–water partition coefficient (Wildman–Crippen LogP) is 2.50. The first-order valence-corrected chi connectivity index (χ1v) is 5.84. The Kier molecular flexibility index (Phi) is 2.29. The average molecular weight is 246 g/mol. The zero-order valence-corrected chi connectivity index (χ0v) is 10.3. The van der Waals surface area contributed by atoms with Crippen molar-refractivity contribution in [3.05, 3.63) is 24.0 Å². The minimum atomic E-state index is 0.0624. The lowest BCUT2D eigenvalue weighted by molar-refractivity contribution is 0.373. The highest BCUT2D eigenvalue weighted by Crippen LogP contribution is 2.46. The Morgan fingerprint density at radius 3 is 2.78 bits per heavy atom. The van der Waals surface area contributed by atoms with Gasteiger partial charge in [-0.05, 0) is 31.0 Å². The van der Waals surface area contributed by atoms with Crippen molar-refractivity contribution < 1.29 is 14.4 Å². The minimum Gasteiger partial charge on any atom is -0.504 e. The van der Waals surface area contributed by atoms with Crippen LogP contribution < -0.4 is 4.74 Å². The van der Waals surface area contributed by atoms with Crippen molar-refractivity contribution in [1.29, 1.82) is 0 Å². The number of hydrogen-bond acceptors (Lipinski definition) is 5. The molecule has 18 heavy (non-hydrogen) atoms. The van der Waals surface area contributed by atoms with E-state index in [9.17, 15) is 5.11 Å². The highest BCUT2D eigenvalue weighted by Gasteiger charge is 2.43. The predicted molar refractivity (Wildman–Crippen MR) is 64.5 cm³/mol. The molecule has 0 bridgehead atoms. The van der Waals surface area contributed by atoms with E-state index >= 15 is 0 Å². The van der Waals surface area contributed by atoms with E-state index in [0.29, 0.717) is 17.2 Å². The van der Waals surface area contributed by atoms with E-state index in [1.807, 2.05) is 0 Å². The summed E-state index contributed by atoms with van der Waals surface area (Å²) in [6, 6.07) is 5.02. The lowest BCUT2D eigenvalue weighted by atomic mass is 10.1. The third kappa shape index (κ3) is 1.72. The van der Waals surface area contributed by atoms with Crippen LogP contribution in [0, 0.1) is 0 Å². The van der Waals surface area contributed by atoms with Crippen LogP contribution in [-0.2, 0) is 5.41 Å². The zero-order chi connectivity index (χ0) is 12.8. The summed E-state index contributed by atoms with van der Waals surface area (Å²) in [5, 5.41) is 13.7. The molecule has 1 aromatic carbocycles. The quantitative estimate of drug-likeness (QED) is 0.901. The zero-order valence-electron chi connectivity index (χ0n) is 10.3. The Hall–Kier alpha value is -2.04. The summed E-state index contributed by atoms with van der Waals surface area (Å²) in [7, 11) is 1.51. The first kappa shape index (κ1) is 11.1. The molecule has 1 aromatic heterocycles. The topological polar surface area (TPSA) is 68.4 Å². The summed E-state index contributed by atoms with van der Waals surface area (Å²) in [6.07, 6.45) is 2.19. The highest BCUT2D eigenvalue weighted by atomic mass is 16.5. The largest absolute Gasteiger partial charge is 0.504 e. The van der Waals surface area contributed by atoms with Gasteiger partial charge in [-0.2, -0.15) is 4.98 Å². The normalized spacial score (nSPS) is 16.6. The van der Waals surface area contributed by atoms with Gasteiger partial charge < -0.3 is 14.4 Å². The van der Waals surface area contributed by atoms with Crippen LogP contribution in [0.15, 0.2) is 22.7 Å². The van der Waals surface area contributed by atoms with Gasteiger partial charge in [0.05, 0.1) is 7.11 Å². The second-order valence-electron chi connectivity index (χ2n) is 4.87. The van der Waals surface area contributed by atoms with Crippen LogP contribution in [0.5, 0.6) is 11.5 Å². The van der Waals surface area contributed by atoms with Gasteiger partial charge in [-0.25, -0.2) is 0 Å². The van der Waals surface area contributed by atoms with Crippen LogP contribution in [0.25, 0.3) is 11.5 Å². The van der Waals surface area contributed by atoms with Gasteiger partial charge in [0.25, 0.3) is 5.89 Å². The van der Waals surface area contributed by atoms with Gasteiger partial charge in [-0.3, -0.25) is 0 Å². The first-order valence-electron chi connectivity index (χ1n) is 5.84. The fourth-order valence-corrected chi connectivity index (χ4v) is 1.82. The van der Waals surface area contributed by atoms with E-state index in [-0.39, 0.29) is 11.2 Å². The molecule has 1 saturated carbocycles. The Morgan fingerprint density at radius 2 is 2.17 bits per heavy atom. The summed E-state index contributed by atoms with van der Waals surface area (Å²) in [5.74, 6) is 1.66. The van der Waals surface area contributed by atoms with Crippen molar-refractivity contribution >= 4 is 0 Å². The van der Waals surface area contributed by atoms with Crippen LogP contribution in [0.3, 0.4) is 0 Å². The Morgan fingerprint density at radius 1 is 1.39 bits per heavy atom. The number of phenols is 1. The van der Waals surface area contributed by atoms with Gasteiger partial charge in [0.1, 0.15) is 0 Å². The second-order valence-corrected chi connectivity index (χ2v) is 4.87. The van der Waals surface area contributed by atoms with Gasteiger partial charge in [0.15, 0.2) is 17.3 Å². The number of benzene rings is 1. The number of hydrogen-bond donors (Lipinski definition) is 1. The van der Waals surface area contributed by atoms with Crippen molar-refractivity contribution in [2.24, 2.45) is 0 Å². The molecule has 0 saturated heterocycles. The number of aromatic nitrogens is 2. The molecule has 5 heteroatoms. The standard InChI is InChI=1S/C13H14N2O3/c1-13(5-6-13)12-14-11(18-15-12)8-3-4-10(17-2)9(16)7-8/h3-4,7,16H,5-6H2,1-2H3. The Labute approximate surface area is 104 Å². The van der Waals surface area contributed by atoms with Crippen LogP contribution in [-0.4, -0.2) is 22.4 Å². The molecular formula is C13H14N2O3. The molecule has 0 atom stereocenters. The molecule has 0 amide bonds. The number of aromatic hydroxyl groups is 1. The van der Waals surface area contributed by atoms with Gasteiger partial charge in [-0.1, -0.05) is 12.1 Å². The fraction of sp³-hybridized carbons (Fsp3) is 0.385. The Balaban J connectivity index is 1.95. The van der Waals surface area contributed by atoms with E-state index in [2.05, 4.69) is 17.1 Å². The van der Waals surface area contributed by atoms with Crippen molar-refractivity contribution in [3.63, 3.8) is 0 Å². The molecule has 0 radical (unpaired) electrons. The lowest BCUT2D eigenvalue weighted by Crippen LogP contribution is -2.01. The number of ether oxygens (including phenoxy) is 1. The van der Waals surface area contributed by atoms with Crippen LogP contribution in [0.1, 0.15) is 25.6 Å². The van der Waals surface area contributed by atoms with Gasteiger partial charge >= 0.3 is 0 Å². The van der Waals surface area contributed by atoms with E-state index in [1.165, 1.54) is 7.11 Å². The molecule has 0 unspecified atom stereocenters. The first-order chi connectivity index (χ1) is 8.62. The summed E-state index contributed by atoms with van der Waals surface area (Å²) < 4.78 is 10.2. The molecule has 0 aliphatic heterocycles. The molecule has 1 heterocycles. The summed E-state index contributed by atoms with van der Waals surface area (Å²) in [4.78, 5) is 4.38. The molecule has 1 aliphatic rings. The van der Waals surface area contributed by atoms with Crippen molar-refractivity contribution in [2.45, 2.75) is 25.2 Å². The number of phenolic OH excluding ortho intramolecular Hbond substituents is 1. The van der Waals surface area contributed by atoms with Gasteiger partial charge in [0, 0.05) is 11.0 Å². The van der Waals surface area contributed by atoms with Gasteiger partial charge in [-0.15, -0.1) is 0 Å². The molecule has 1 aliphatic carbocycles. The Bertz CT molecular complexity index is 588. The molecule has 94 valence electrons. The molecule has 5 nitrogen and oxygen atoms in total.